The predicted octanol–water partition coefficient (Wildman–Crippen LogP) is 4.66. The van der Waals surface area contributed by atoms with Gasteiger partial charge in [-0.1, -0.05) is 41.5 Å². The summed E-state index contributed by atoms with van der Waals surface area (Å²) >= 11 is 0. The second-order valence-corrected chi connectivity index (χ2v) is 8.70. The molecule has 0 saturated heterocycles. The van der Waals surface area contributed by atoms with Gasteiger partial charge in [0, 0.05) is 12.5 Å². The summed E-state index contributed by atoms with van der Waals surface area (Å²) in [5.74, 6) is 1.18. The summed E-state index contributed by atoms with van der Waals surface area (Å²) in [4.78, 5) is 3.67. The number of fused-ring (bicyclic) bond motifs is 1. The summed E-state index contributed by atoms with van der Waals surface area (Å²) in [5, 5.41) is 25.0. The molecule has 0 amide bonds. The van der Waals surface area contributed by atoms with E-state index in [2.05, 4.69) is 56.2 Å². The first-order valence-corrected chi connectivity index (χ1v) is 8.76. The van der Waals surface area contributed by atoms with Crippen LogP contribution in [0, 0.1) is 13.5 Å². The van der Waals surface area contributed by atoms with Gasteiger partial charge in [0.15, 0.2) is 11.5 Å². The van der Waals surface area contributed by atoms with E-state index in [0.717, 1.165) is 11.5 Å². The van der Waals surface area contributed by atoms with Crippen LogP contribution in [0.25, 0.3) is 10.5 Å². The Morgan fingerprint density at radius 2 is 1.70 bits per heavy atom. The number of rotatable bonds is 2. The number of aromatic nitrogens is 6. The van der Waals surface area contributed by atoms with Crippen LogP contribution in [0.4, 0.5) is 17.2 Å². The summed E-state index contributed by atoms with van der Waals surface area (Å²) < 4.78 is 3.40. The average molecular weight is 367 g/mol. The molecule has 27 heavy (non-hydrogen) atoms. The van der Waals surface area contributed by atoms with Gasteiger partial charge in [-0.2, -0.15) is 5.10 Å². The average Bonchev–Trinajstić information content (AvgIpc) is 3.18. The molecular weight excluding hydrogens is 342 g/mol. The van der Waals surface area contributed by atoms with E-state index in [1.165, 1.54) is 0 Å². The lowest BCUT2D eigenvalue weighted by Gasteiger charge is -2.16. The van der Waals surface area contributed by atoms with E-state index in [4.69, 9.17) is 6.57 Å². The molecule has 3 rings (SSSR count). The molecule has 9 heteroatoms. The minimum absolute atomic E-state index is 0.187. The van der Waals surface area contributed by atoms with Crippen molar-refractivity contribution in [1.29, 1.82) is 0 Å². The van der Waals surface area contributed by atoms with Gasteiger partial charge >= 0.3 is 0 Å². The Labute approximate surface area is 158 Å². The number of H-pyrrole nitrogens is 1. The number of aromatic amines is 1. The molecule has 0 atom stereocenters. The van der Waals surface area contributed by atoms with Crippen LogP contribution in [0.1, 0.15) is 58.8 Å². The monoisotopic (exact) mass is 367 g/mol. The van der Waals surface area contributed by atoms with E-state index in [1.54, 1.807) is 16.2 Å². The number of nitrogens with zero attached hydrogens (tertiary/aromatic N) is 8. The van der Waals surface area contributed by atoms with Crippen LogP contribution < -0.4 is 0 Å². The summed E-state index contributed by atoms with van der Waals surface area (Å²) in [5.41, 5.74) is 2.83. The summed E-state index contributed by atoms with van der Waals surface area (Å²) in [6, 6.07) is 0. The van der Waals surface area contributed by atoms with Crippen molar-refractivity contribution in [2.75, 3.05) is 0 Å². The third-order valence-electron chi connectivity index (χ3n) is 4.31. The zero-order valence-electron chi connectivity index (χ0n) is 17.1. The van der Waals surface area contributed by atoms with E-state index in [9.17, 15) is 0 Å². The van der Waals surface area contributed by atoms with Gasteiger partial charge < -0.3 is 0 Å². The Balaban J connectivity index is 2.18. The van der Waals surface area contributed by atoms with Gasteiger partial charge in [-0.15, -0.1) is 20.4 Å². The fraction of sp³-hybridized carbons (Fsp3) is 0.556. The maximum absolute atomic E-state index is 7.59. The highest BCUT2D eigenvalue weighted by atomic mass is 15.4. The normalized spacial score (nSPS) is 13.0. The highest BCUT2D eigenvalue weighted by Crippen LogP contribution is 2.40. The lowest BCUT2D eigenvalue weighted by atomic mass is 9.91. The molecule has 9 nitrogen and oxygen atoms in total. The minimum atomic E-state index is -0.256. The van der Waals surface area contributed by atoms with Crippen LogP contribution in [0.3, 0.4) is 0 Å². The Hall–Kier alpha value is -3.02. The first-order valence-electron chi connectivity index (χ1n) is 8.76. The van der Waals surface area contributed by atoms with Crippen LogP contribution in [-0.2, 0) is 17.9 Å². The van der Waals surface area contributed by atoms with Crippen molar-refractivity contribution < 1.29 is 0 Å². The molecule has 0 unspecified atom stereocenters. The Kier molecular flexibility index (Phi) is 4.18. The molecule has 0 radical (unpaired) electrons. The topological polar surface area (TPSA) is 92.9 Å². The smallest absolute Gasteiger partial charge is 0.255 e. The van der Waals surface area contributed by atoms with Gasteiger partial charge in [-0.3, -0.25) is 9.78 Å². The van der Waals surface area contributed by atoms with Crippen molar-refractivity contribution in [3.8, 4) is 0 Å². The van der Waals surface area contributed by atoms with E-state index in [1.807, 2.05) is 27.7 Å². The Bertz CT molecular complexity index is 1070. The zero-order valence-corrected chi connectivity index (χ0v) is 17.1. The van der Waals surface area contributed by atoms with Crippen molar-refractivity contribution in [2.45, 2.75) is 59.3 Å². The largest absolute Gasteiger partial charge is 0.292 e. The number of azo groups is 1. The first-order chi connectivity index (χ1) is 12.4. The van der Waals surface area contributed by atoms with Crippen LogP contribution in [0.5, 0.6) is 0 Å². The second-order valence-electron chi connectivity index (χ2n) is 8.70. The van der Waals surface area contributed by atoms with E-state index >= 15 is 0 Å². The Morgan fingerprint density at radius 1 is 1.04 bits per heavy atom. The van der Waals surface area contributed by atoms with Gasteiger partial charge in [0.25, 0.3) is 5.69 Å². The third kappa shape index (κ3) is 3.12. The lowest BCUT2D eigenvalue weighted by molar-refractivity contribution is 0.555. The molecule has 0 bridgehead atoms. The zero-order chi connectivity index (χ0) is 20.1. The minimum Gasteiger partial charge on any atom is -0.292 e. The molecule has 0 aliphatic carbocycles. The summed E-state index contributed by atoms with van der Waals surface area (Å²) in [6.07, 6.45) is 0. The van der Waals surface area contributed by atoms with Crippen LogP contribution in [0.2, 0.25) is 0 Å². The van der Waals surface area contributed by atoms with Crippen LogP contribution in [-0.4, -0.2) is 29.6 Å². The summed E-state index contributed by atoms with van der Waals surface area (Å²) in [7, 11) is 1.77. The fourth-order valence-electron chi connectivity index (χ4n) is 2.87. The molecule has 3 aromatic rings. The van der Waals surface area contributed by atoms with E-state index in [0.29, 0.717) is 28.5 Å². The van der Waals surface area contributed by atoms with Gasteiger partial charge in [-0.25, -0.2) is 9.36 Å². The second kappa shape index (κ2) is 6.01. The quantitative estimate of drug-likeness (QED) is 0.527. The molecule has 3 aromatic heterocycles. The SMILES string of the molecule is [C-]#[N+]c1c(C(C)(C)C)nn(C)c1N=Nc1c(C(C)(C)C)[nH]n2c(C)nnc12. The van der Waals surface area contributed by atoms with Crippen LogP contribution >= 0.6 is 0 Å². The van der Waals surface area contributed by atoms with Crippen molar-refractivity contribution in [3.05, 3.63) is 28.6 Å². The van der Waals surface area contributed by atoms with E-state index < -0.39 is 0 Å². The van der Waals surface area contributed by atoms with Gasteiger partial charge in [0.2, 0.25) is 5.65 Å². The highest BCUT2D eigenvalue weighted by Gasteiger charge is 2.28. The van der Waals surface area contributed by atoms with Crippen molar-refractivity contribution in [1.82, 2.24) is 29.6 Å². The number of aryl methyl sites for hydroxylation is 2. The van der Waals surface area contributed by atoms with Crippen LogP contribution in [0.15, 0.2) is 10.2 Å². The molecule has 0 saturated carbocycles. The molecule has 0 spiro atoms. The van der Waals surface area contributed by atoms with Gasteiger partial charge in [-0.05, 0) is 12.3 Å². The highest BCUT2D eigenvalue weighted by molar-refractivity contribution is 5.70. The molecule has 1 N–H and O–H groups in total. The van der Waals surface area contributed by atoms with E-state index in [-0.39, 0.29) is 10.8 Å². The first kappa shape index (κ1) is 18.8. The number of hydrogen-bond donors (Lipinski definition) is 1. The maximum Gasteiger partial charge on any atom is 0.255 e. The fourth-order valence-corrected chi connectivity index (χ4v) is 2.87. The maximum atomic E-state index is 7.59. The Morgan fingerprint density at radius 3 is 2.26 bits per heavy atom. The molecule has 3 heterocycles. The number of nitrogens with one attached hydrogen (secondary N) is 1. The standard InChI is InChI=1S/C18H25N9/c1-10-20-23-16-12(14(18(5,6)7)25-27(10)16)21-22-15-11(19-8)13(17(2,3)4)24-26(15)9/h25H,1-7,9H3. The molecule has 0 aliphatic rings. The molecular formula is C18H25N9. The predicted molar refractivity (Wildman–Crippen MR) is 103 cm³/mol. The third-order valence-corrected chi connectivity index (χ3v) is 4.31. The number of hydrogen-bond acceptors (Lipinski definition) is 5. The lowest BCUT2D eigenvalue weighted by Crippen LogP contribution is -2.12. The molecule has 142 valence electrons. The van der Waals surface area contributed by atoms with Gasteiger partial charge in [0.05, 0.1) is 18.0 Å². The van der Waals surface area contributed by atoms with Gasteiger partial charge in [0.1, 0.15) is 5.82 Å². The van der Waals surface area contributed by atoms with Crippen molar-refractivity contribution in [3.63, 3.8) is 0 Å². The van der Waals surface area contributed by atoms with Crippen molar-refractivity contribution >= 4 is 22.8 Å². The molecule has 0 fully saturated rings. The van der Waals surface area contributed by atoms with Crippen molar-refractivity contribution in [2.24, 2.45) is 17.3 Å². The molecule has 0 aromatic carbocycles. The molecule has 0 aliphatic heterocycles. The summed E-state index contributed by atoms with van der Waals surface area (Å²) in [6.45, 7) is 21.8.